The van der Waals surface area contributed by atoms with Crippen molar-refractivity contribution in [3.8, 4) is 11.8 Å². The molecule has 1 fully saturated rings. The van der Waals surface area contributed by atoms with Gasteiger partial charge in [-0.05, 0) is 67.4 Å². The molecule has 0 unspecified atom stereocenters. The minimum atomic E-state index is -1.95. The van der Waals surface area contributed by atoms with Gasteiger partial charge in [0.2, 0.25) is 8.32 Å². The van der Waals surface area contributed by atoms with E-state index in [4.69, 9.17) is 4.43 Å². The largest absolute Gasteiger partial charge is 0.543 e. The van der Waals surface area contributed by atoms with Crippen molar-refractivity contribution >= 4 is 8.32 Å². The molecule has 3 atom stereocenters. The topological polar surface area (TPSA) is 39.5 Å². The maximum Gasteiger partial charge on any atom is 0.250 e. The van der Waals surface area contributed by atoms with Crippen LogP contribution in [0.15, 0.2) is 61.2 Å². The highest BCUT2D eigenvalue weighted by molar-refractivity contribution is 6.74. The fourth-order valence-electron chi connectivity index (χ4n) is 4.55. The Bertz CT molecular complexity index is 1040. The average Bonchev–Trinajstić information content (AvgIpc) is 2.77. The van der Waals surface area contributed by atoms with Crippen molar-refractivity contribution in [3.05, 3.63) is 77.9 Å². The summed E-state index contributed by atoms with van der Waals surface area (Å²) in [6.45, 7) is 22.8. The Labute approximate surface area is 208 Å². The van der Waals surface area contributed by atoms with Crippen LogP contribution in [0.5, 0.6) is 5.75 Å². The molecule has 0 radical (unpaired) electrons. The molecule has 1 saturated heterocycles. The first-order valence-corrected chi connectivity index (χ1v) is 15.3. The summed E-state index contributed by atoms with van der Waals surface area (Å²) >= 11 is 0. The van der Waals surface area contributed by atoms with Gasteiger partial charge in [-0.2, -0.15) is 5.26 Å². The number of nitriles is 1. The first-order chi connectivity index (χ1) is 16.0. The summed E-state index contributed by atoms with van der Waals surface area (Å²) in [6.07, 6.45) is 1.99. The molecule has 34 heavy (non-hydrogen) atoms. The minimum Gasteiger partial charge on any atom is -0.543 e. The van der Waals surface area contributed by atoms with E-state index in [1.54, 1.807) is 0 Å². The van der Waals surface area contributed by atoms with Gasteiger partial charge in [0.25, 0.3) is 0 Å². The minimum absolute atomic E-state index is 0.0552. The Morgan fingerprint density at radius 1 is 1.09 bits per heavy atom. The highest BCUT2D eigenvalue weighted by Crippen LogP contribution is 2.39. The third-order valence-electron chi connectivity index (χ3n) is 7.54. The zero-order valence-electron chi connectivity index (χ0n) is 22.0. The number of nitrogens with zero attached hydrogens (tertiary/aromatic N) is 3. The molecule has 0 amide bonds. The maximum atomic E-state index is 9.57. The molecule has 1 aliphatic rings. The highest BCUT2D eigenvalue weighted by atomic mass is 28.4. The van der Waals surface area contributed by atoms with Crippen LogP contribution in [0, 0.1) is 11.3 Å². The fraction of sp³-hybridized carbons (Fsp3) is 0.483. The van der Waals surface area contributed by atoms with Gasteiger partial charge in [-0.15, -0.1) is 6.58 Å². The SMILES string of the molecule is C=CCN1C[C@H](C)N([C@H](c2cccc(C#N)c2)c2cccc(O[Si](C)(C)C(C)(C)C)c2)C[C@H]1C. The second-order valence-electron chi connectivity index (χ2n) is 11.2. The van der Waals surface area contributed by atoms with Gasteiger partial charge in [0.05, 0.1) is 17.7 Å². The molecule has 1 aliphatic heterocycles. The quantitative estimate of drug-likeness (QED) is 0.333. The van der Waals surface area contributed by atoms with Crippen LogP contribution in [0.4, 0.5) is 0 Å². The van der Waals surface area contributed by atoms with E-state index in [9.17, 15) is 5.26 Å². The average molecular weight is 476 g/mol. The van der Waals surface area contributed by atoms with Crippen molar-refractivity contribution in [2.45, 2.75) is 70.9 Å². The molecule has 0 aliphatic carbocycles. The van der Waals surface area contributed by atoms with Gasteiger partial charge >= 0.3 is 0 Å². The van der Waals surface area contributed by atoms with Crippen LogP contribution in [0.1, 0.15) is 57.4 Å². The molecule has 0 bridgehead atoms. The lowest BCUT2D eigenvalue weighted by Gasteiger charge is -2.47. The van der Waals surface area contributed by atoms with E-state index in [1.807, 2.05) is 24.3 Å². The van der Waals surface area contributed by atoms with Crippen LogP contribution < -0.4 is 4.43 Å². The van der Waals surface area contributed by atoms with Gasteiger partial charge in [-0.1, -0.05) is 51.1 Å². The molecule has 182 valence electrons. The van der Waals surface area contributed by atoms with Crippen LogP contribution in [-0.2, 0) is 0 Å². The van der Waals surface area contributed by atoms with Crippen molar-refractivity contribution in [1.29, 1.82) is 5.26 Å². The van der Waals surface area contributed by atoms with Crippen LogP contribution >= 0.6 is 0 Å². The molecular formula is C29H41N3OSi. The second kappa shape index (κ2) is 10.5. The van der Waals surface area contributed by atoms with Crippen molar-refractivity contribution < 1.29 is 4.43 Å². The molecule has 2 aromatic rings. The predicted molar refractivity (Wildman–Crippen MR) is 145 cm³/mol. The Hall–Kier alpha value is -2.39. The number of piperazine rings is 1. The normalized spacial score (nSPS) is 21.0. The summed E-state index contributed by atoms with van der Waals surface area (Å²) in [6, 6.07) is 19.8. The van der Waals surface area contributed by atoms with Crippen LogP contribution in [-0.4, -0.2) is 49.8 Å². The van der Waals surface area contributed by atoms with E-state index < -0.39 is 8.32 Å². The lowest BCUT2D eigenvalue weighted by molar-refractivity contribution is 0.0306. The van der Waals surface area contributed by atoms with E-state index in [1.165, 1.54) is 5.56 Å². The van der Waals surface area contributed by atoms with Gasteiger partial charge in [-0.25, -0.2) is 0 Å². The summed E-state index contributed by atoms with van der Waals surface area (Å²) in [5.74, 6) is 0.941. The van der Waals surface area contributed by atoms with Crippen molar-refractivity contribution in [3.63, 3.8) is 0 Å². The van der Waals surface area contributed by atoms with Gasteiger partial charge in [0.1, 0.15) is 5.75 Å². The Morgan fingerprint density at radius 3 is 2.35 bits per heavy atom. The summed E-state index contributed by atoms with van der Waals surface area (Å²) in [5.41, 5.74) is 3.06. The number of rotatable bonds is 7. The third kappa shape index (κ3) is 5.80. The van der Waals surface area contributed by atoms with E-state index in [2.05, 4.69) is 100 Å². The maximum absolute atomic E-state index is 9.57. The fourth-order valence-corrected chi connectivity index (χ4v) is 5.58. The smallest absolute Gasteiger partial charge is 0.250 e. The number of hydrogen-bond donors (Lipinski definition) is 0. The third-order valence-corrected chi connectivity index (χ3v) is 11.9. The van der Waals surface area contributed by atoms with Crippen molar-refractivity contribution in [1.82, 2.24) is 9.80 Å². The van der Waals surface area contributed by atoms with Gasteiger partial charge in [0, 0.05) is 31.7 Å². The van der Waals surface area contributed by atoms with Crippen LogP contribution in [0.25, 0.3) is 0 Å². The van der Waals surface area contributed by atoms with Gasteiger partial charge in [0.15, 0.2) is 0 Å². The van der Waals surface area contributed by atoms with E-state index >= 15 is 0 Å². The zero-order valence-corrected chi connectivity index (χ0v) is 23.0. The standard InChI is InChI=1S/C29H41N3OSi/c1-9-16-31-20-23(3)32(21-22(31)2)28(25-13-10-12-24(17-25)19-30)26-14-11-15-27(18-26)33-34(7,8)29(4,5)6/h9-15,17-18,22-23,28H,1,16,20-21H2,2-8H3/t22-,23+,28-/m1/s1. The molecule has 0 spiro atoms. The first kappa shape index (κ1) is 26.2. The zero-order chi connectivity index (χ0) is 25.1. The Kier molecular flexibility index (Phi) is 8.08. The van der Waals surface area contributed by atoms with E-state index in [0.29, 0.717) is 17.6 Å². The molecule has 5 heteroatoms. The van der Waals surface area contributed by atoms with E-state index in [0.717, 1.165) is 30.9 Å². The highest BCUT2D eigenvalue weighted by Gasteiger charge is 2.39. The molecule has 4 nitrogen and oxygen atoms in total. The lowest BCUT2D eigenvalue weighted by atomic mass is 9.92. The summed E-state index contributed by atoms with van der Waals surface area (Å²) in [7, 11) is -1.95. The van der Waals surface area contributed by atoms with Crippen molar-refractivity contribution in [2.75, 3.05) is 19.6 Å². The molecule has 1 heterocycles. The monoisotopic (exact) mass is 475 g/mol. The Morgan fingerprint density at radius 2 is 1.74 bits per heavy atom. The second-order valence-corrected chi connectivity index (χ2v) is 15.9. The van der Waals surface area contributed by atoms with Crippen molar-refractivity contribution in [2.24, 2.45) is 0 Å². The molecule has 2 aromatic carbocycles. The molecule has 0 saturated carbocycles. The number of hydrogen-bond acceptors (Lipinski definition) is 4. The van der Waals surface area contributed by atoms with Crippen LogP contribution in [0.3, 0.4) is 0 Å². The van der Waals surface area contributed by atoms with Gasteiger partial charge < -0.3 is 4.43 Å². The summed E-state index contributed by atoms with van der Waals surface area (Å²) in [5, 5.41) is 9.70. The predicted octanol–water partition coefficient (Wildman–Crippen LogP) is 6.61. The van der Waals surface area contributed by atoms with Crippen LogP contribution in [0.2, 0.25) is 18.1 Å². The first-order valence-electron chi connectivity index (χ1n) is 12.4. The number of benzene rings is 2. The Balaban J connectivity index is 2.04. The molecule has 0 N–H and O–H groups in total. The van der Waals surface area contributed by atoms with Gasteiger partial charge in [-0.3, -0.25) is 9.80 Å². The summed E-state index contributed by atoms with van der Waals surface area (Å²) < 4.78 is 6.67. The molecule has 0 aromatic heterocycles. The summed E-state index contributed by atoms with van der Waals surface area (Å²) in [4.78, 5) is 5.08. The molecule has 3 rings (SSSR count). The lowest BCUT2D eigenvalue weighted by Crippen LogP contribution is -2.57. The van der Waals surface area contributed by atoms with E-state index in [-0.39, 0.29) is 11.1 Å². The molecular weight excluding hydrogens is 434 g/mol.